The highest BCUT2D eigenvalue weighted by molar-refractivity contribution is 6.28. The van der Waals surface area contributed by atoms with Gasteiger partial charge in [-0.15, -0.1) is 0 Å². The minimum absolute atomic E-state index is 0.570. The average molecular weight is 588 g/mol. The zero-order valence-corrected chi connectivity index (χ0v) is 24.7. The fourth-order valence-electron chi connectivity index (χ4n) is 7.14. The van der Waals surface area contributed by atoms with E-state index in [1.54, 1.807) is 0 Å². The molecule has 0 fully saturated rings. The third kappa shape index (κ3) is 3.61. The first kappa shape index (κ1) is 25.1. The molecule has 4 heteroatoms. The summed E-state index contributed by atoms with van der Waals surface area (Å²) in [6.45, 7) is 0. The van der Waals surface area contributed by atoms with Crippen molar-refractivity contribution in [1.82, 2.24) is 14.5 Å². The Morgan fingerprint density at radius 3 is 1.67 bits per heavy atom. The van der Waals surface area contributed by atoms with Gasteiger partial charge in [0.1, 0.15) is 5.58 Å². The van der Waals surface area contributed by atoms with Crippen LogP contribution in [-0.4, -0.2) is 14.5 Å². The van der Waals surface area contributed by atoms with Crippen molar-refractivity contribution in [2.45, 2.75) is 0 Å². The molecular weight excluding hydrogens is 562 g/mol. The number of rotatable bonds is 3. The molecule has 10 aromatic rings. The van der Waals surface area contributed by atoms with E-state index in [1.807, 2.05) is 12.1 Å². The molecular formula is C42H25N3O. The van der Waals surface area contributed by atoms with E-state index in [4.69, 9.17) is 14.4 Å². The molecule has 0 radical (unpaired) electrons. The van der Waals surface area contributed by atoms with Crippen LogP contribution in [0.4, 0.5) is 0 Å². The van der Waals surface area contributed by atoms with Crippen LogP contribution in [0.5, 0.6) is 0 Å². The van der Waals surface area contributed by atoms with Gasteiger partial charge in [-0.05, 0) is 56.9 Å². The fourth-order valence-corrected chi connectivity index (χ4v) is 7.14. The smallest absolute Gasteiger partial charge is 0.238 e. The van der Waals surface area contributed by atoms with Gasteiger partial charge in [0, 0.05) is 21.7 Å². The summed E-state index contributed by atoms with van der Waals surface area (Å²) in [7, 11) is 0. The molecule has 3 heterocycles. The van der Waals surface area contributed by atoms with Crippen molar-refractivity contribution in [2.24, 2.45) is 0 Å². The highest BCUT2D eigenvalue weighted by Crippen LogP contribution is 2.42. The van der Waals surface area contributed by atoms with Crippen molar-refractivity contribution >= 4 is 65.4 Å². The van der Waals surface area contributed by atoms with Crippen LogP contribution in [0, 0.1) is 0 Å². The van der Waals surface area contributed by atoms with E-state index >= 15 is 0 Å². The Morgan fingerprint density at radius 1 is 0.435 bits per heavy atom. The molecule has 0 aliphatic carbocycles. The van der Waals surface area contributed by atoms with Gasteiger partial charge < -0.3 is 4.42 Å². The summed E-state index contributed by atoms with van der Waals surface area (Å²) in [6.07, 6.45) is 0. The van der Waals surface area contributed by atoms with E-state index in [9.17, 15) is 0 Å². The van der Waals surface area contributed by atoms with Crippen molar-refractivity contribution in [2.75, 3.05) is 0 Å². The third-order valence-electron chi connectivity index (χ3n) is 9.22. The molecule has 3 aromatic heterocycles. The standard InChI is InChI=1S/C42H25N3O/c1-3-11-26(12-4-1)30-19-22-33-36(25-30)46-41-39(33)40(29-15-5-2-6-16-29)43-42(44-41)45-34-23-20-27-13-7-9-17-31(27)37(34)38-32-18-10-8-14-28(32)21-24-35(38)45/h1-25H. The maximum atomic E-state index is 6.62. The quantitative estimate of drug-likeness (QED) is 0.207. The lowest BCUT2D eigenvalue weighted by Gasteiger charge is -2.10. The topological polar surface area (TPSA) is 43.9 Å². The summed E-state index contributed by atoms with van der Waals surface area (Å²) in [6, 6.07) is 53.1. The fraction of sp³-hybridized carbons (Fsp3) is 0. The molecule has 4 nitrogen and oxygen atoms in total. The van der Waals surface area contributed by atoms with E-state index in [0.29, 0.717) is 11.7 Å². The first-order chi connectivity index (χ1) is 22.8. The molecule has 0 amide bonds. The highest BCUT2D eigenvalue weighted by atomic mass is 16.3. The van der Waals surface area contributed by atoms with Crippen LogP contribution < -0.4 is 0 Å². The zero-order valence-electron chi connectivity index (χ0n) is 24.7. The molecule has 0 unspecified atom stereocenters. The van der Waals surface area contributed by atoms with Crippen molar-refractivity contribution in [3.63, 3.8) is 0 Å². The SMILES string of the molecule is c1ccc(-c2ccc3c(c2)oc2nc(-n4c5ccc6ccccc6c5c5c6ccccc6ccc54)nc(-c4ccccc4)c23)cc1. The Kier molecular flexibility index (Phi) is 5.25. The molecule has 46 heavy (non-hydrogen) atoms. The van der Waals surface area contributed by atoms with Crippen molar-refractivity contribution in [3.05, 3.63) is 152 Å². The van der Waals surface area contributed by atoms with Crippen LogP contribution in [0.15, 0.2) is 156 Å². The number of fused-ring (bicyclic) bond motifs is 10. The first-order valence-electron chi connectivity index (χ1n) is 15.5. The number of hydrogen-bond donors (Lipinski definition) is 0. The molecule has 0 aliphatic heterocycles. The lowest BCUT2D eigenvalue weighted by molar-refractivity contribution is 0.651. The van der Waals surface area contributed by atoms with Gasteiger partial charge in [-0.2, -0.15) is 4.98 Å². The minimum atomic E-state index is 0.570. The van der Waals surface area contributed by atoms with Crippen LogP contribution in [0.3, 0.4) is 0 Å². The summed E-state index contributed by atoms with van der Waals surface area (Å²) in [5, 5.41) is 9.15. The average Bonchev–Trinajstić information content (AvgIpc) is 3.67. The van der Waals surface area contributed by atoms with E-state index in [1.165, 1.54) is 32.3 Å². The molecule has 0 aliphatic rings. The molecule has 0 saturated heterocycles. The monoisotopic (exact) mass is 587 g/mol. The Balaban J connectivity index is 1.34. The Hall–Kier alpha value is -6.26. The summed E-state index contributed by atoms with van der Waals surface area (Å²) >= 11 is 0. The van der Waals surface area contributed by atoms with Crippen LogP contribution in [0.1, 0.15) is 0 Å². The van der Waals surface area contributed by atoms with Gasteiger partial charge in [0.15, 0.2) is 0 Å². The van der Waals surface area contributed by atoms with Crippen LogP contribution in [0.2, 0.25) is 0 Å². The lowest BCUT2D eigenvalue weighted by Crippen LogP contribution is -2.02. The minimum Gasteiger partial charge on any atom is -0.437 e. The molecule has 0 atom stereocenters. The largest absolute Gasteiger partial charge is 0.437 e. The molecule has 10 rings (SSSR count). The van der Waals surface area contributed by atoms with Gasteiger partial charge in [0.2, 0.25) is 11.7 Å². The van der Waals surface area contributed by atoms with Crippen molar-refractivity contribution in [3.8, 4) is 28.3 Å². The Bertz CT molecular complexity index is 2700. The van der Waals surface area contributed by atoms with Gasteiger partial charge in [0.25, 0.3) is 0 Å². The first-order valence-corrected chi connectivity index (χ1v) is 15.5. The van der Waals surface area contributed by atoms with Gasteiger partial charge in [-0.25, -0.2) is 4.98 Å². The van der Waals surface area contributed by atoms with Crippen molar-refractivity contribution in [1.29, 1.82) is 0 Å². The molecule has 214 valence electrons. The predicted octanol–water partition coefficient (Wildman–Crippen LogP) is 11.1. The summed E-state index contributed by atoms with van der Waals surface area (Å²) in [5.41, 5.74) is 7.59. The summed E-state index contributed by atoms with van der Waals surface area (Å²) in [4.78, 5) is 10.6. The second-order valence-electron chi connectivity index (χ2n) is 11.8. The number of furan rings is 1. The maximum absolute atomic E-state index is 6.62. The lowest BCUT2D eigenvalue weighted by atomic mass is 10.00. The number of nitrogens with zero attached hydrogens (tertiary/aromatic N) is 3. The second-order valence-corrected chi connectivity index (χ2v) is 11.8. The molecule has 0 spiro atoms. The normalized spacial score (nSPS) is 11.9. The van der Waals surface area contributed by atoms with E-state index < -0.39 is 0 Å². The van der Waals surface area contributed by atoms with Gasteiger partial charge in [-0.3, -0.25) is 4.57 Å². The summed E-state index contributed by atoms with van der Waals surface area (Å²) in [5.74, 6) is 0.583. The van der Waals surface area contributed by atoms with E-state index in [-0.39, 0.29) is 0 Å². The highest BCUT2D eigenvalue weighted by Gasteiger charge is 2.23. The number of aromatic nitrogens is 3. The Labute approximate surface area is 263 Å². The molecule has 7 aromatic carbocycles. The van der Waals surface area contributed by atoms with E-state index in [2.05, 4.69) is 144 Å². The Morgan fingerprint density at radius 2 is 1.02 bits per heavy atom. The molecule has 0 bridgehead atoms. The zero-order chi connectivity index (χ0) is 30.2. The van der Waals surface area contributed by atoms with Crippen LogP contribution in [0.25, 0.3) is 93.8 Å². The number of benzene rings is 7. The second kappa shape index (κ2) is 9.62. The third-order valence-corrected chi connectivity index (χ3v) is 9.22. The van der Waals surface area contributed by atoms with Crippen molar-refractivity contribution < 1.29 is 4.42 Å². The molecule has 0 saturated carbocycles. The van der Waals surface area contributed by atoms with Crippen LogP contribution >= 0.6 is 0 Å². The van der Waals surface area contributed by atoms with Gasteiger partial charge in [-0.1, -0.05) is 127 Å². The predicted molar refractivity (Wildman–Crippen MR) is 190 cm³/mol. The van der Waals surface area contributed by atoms with Crippen LogP contribution in [-0.2, 0) is 0 Å². The van der Waals surface area contributed by atoms with Gasteiger partial charge in [0.05, 0.1) is 22.1 Å². The van der Waals surface area contributed by atoms with E-state index in [0.717, 1.165) is 49.8 Å². The number of hydrogen-bond acceptors (Lipinski definition) is 3. The summed E-state index contributed by atoms with van der Waals surface area (Å²) < 4.78 is 8.82. The van der Waals surface area contributed by atoms with Gasteiger partial charge >= 0.3 is 0 Å². The maximum Gasteiger partial charge on any atom is 0.238 e. The molecule has 0 N–H and O–H groups in total.